The Hall–Kier alpha value is -2.07. The maximum Gasteiger partial charge on any atom is 0.307 e. The number of Topliss-reactive ketones (excluding diaryl/α,β-unsaturated/α-hetero) is 1. The quantitative estimate of drug-likeness (QED) is 0.875. The van der Waals surface area contributed by atoms with E-state index < -0.39 is 17.8 Å². The van der Waals surface area contributed by atoms with E-state index in [2.05, 4.69) is 0 Å². The van der Waals surface area contributed by atoms with Crippen LogP contribution in [0.4, 0.5) is 0 Å². The highest BCUT2D eigenvalue weighted by atomic mass is 35.5. The number of hydrogen-bond donors (Lipinski definition) is 1. The van der Waals surface area contributed by atoms with Gasteiger partial charge in [-0.15, -0.1) is 0 Å². The Kier molecular flexibility index (Phi) is 3.10. The topological polar surface area (TPSA) is 67.5 Å². The lowest BCUT2D eigenvalue weighted by Gasteiger charge is -2.04. The minimum absolute atomic E-state index is 0.162. The molecule has 102 valence electrons. The van der Waals surface area contributed by atoms with Gasteiger partial charge in [-0.05, 0) is 30.7 Å². The summed E-state index contributed by atoms with van der Waals surface area (Å²) in [5, 5.41) is 9.27. The maximum atomic E-state index is 12.1. The van der Waals surface area contributed by atoms with E-state index in [0.717, 1.165) is 0 Å². The molecule has 2 atom stereocenters. The number of benzene rings is 1. The Morgan fingerprint density at radius 3 is 2.60 bits per heavy atom. The lowest BCUT2D eigenvalue weighted by atomic mass is 10.0. The molecule has 1 heterocycles. The van der Waals surface area contributed by atoms with Gasteiger partial charge in [0.15, 0.2) is 5.78 Å². The van der Waals surface area contributed by atoms with Gasteiger partial charge in [0.05, 0.1) is 17.2 Å². The number of halogens is 1. The molecule has 0 aliphatic heterocycles. The molecule has 20 heavy (non-hydrogen) atoms. The van der Waals surface area contributed by atoms with Crippen molar-refractivity contribution in [3.63, 3.8) is 0 Å². The number of carboxylic acids is 1. The molecule has 1 aliphatic carbocycles. The number of ketones is 1. The average Bonchev–Trinajstić information content (AvgIpc) is 3.05. The van der Waals surface area contributed by atoms with E-state index in [9.17, 15) is 9.59 Å². The first-order valence-electron chi connectivity index (χ1n) is 6.18. The molecule has 0 radical (unpaired) electrons. The summed E-state index contributed by atoms with van der Waals surface area (Å²) in [6.07, 6.45) is 1.96. The zero-order chi connectivity index (χ0) is 14.3. The lowest BCUT2D eigenvalue weighted by Crippen LogP contribution is -2.08. The number of carbonyl (C=O) groups is 2. The van der Waals surface area contributed by atoms with Crippen LogP contribution in [0.2, 0.25) is 5.02 Å². The highest BCUT2D eigenvalue weighted by Crippen LogP contribution is 2.41. The van der Waals surface area contributed by atoms with Crippen molar-refractivity contribution < 1.29 is 19.1 Å². The van der Waals surface area contributed by atoms with E-state index in [1.807, 2.05) is 0 Å². The van der Waals surface area contributed by atoms with Crippen LogP contribution in [0.5, 0.6) is 0 Å². The molecule has 0 bridgehead atoms. The Morgan fingerprint density at radius 1 is 1.25 bits per heavy atom. The second-order valence-electron chi connectivity index (χ2n) is 4.82. The Labute approximate surface area is 120 Å². The van der Waals surface area contributed by atoms with Crippen LogP contribution in [-0.4, -0.2) is 16.9 Å². The summed E-state index contributed by atoms with van der Waals surface area (Å²) in [4.78, 5) is 22.9. The summed E-state index contributed by atoms with van der Waals surface area (Å²) in [6.45, 7) is 0. The highest BCUT2D eigenvalue weighted by Gasteiger charge is 2.48. The van der Waals surface area contributed by atoms with Crippen molar-refractivity contribution in [3.05, 3.63) is 47.2 Å². The third kappa shape index (κ3) is 2.23. The molecule has 1 fully saturated rings. The maximum absolute atomic E-state index is 12.1. The highest BCUT2D eigenvalue weighted by molar-refractivity contribution is 6.33. The van der Waals surface area contributed by atoms with Crippen molar-refractivity contribution in [2.24, 2.45) is 11.8 Å². The van der Waals surface area contributed by atoms with Crippen molar-refractivity contribution in [2.75, 3.05) is 0 Å². The van der Waals surface area contributed by atoms with Gasteiger partial charge in [-0.2, -0.15) is 0 Å². The SMILES string of the molecule is O=C(O)[C@H]1C[C@@H]1C(=O)c1ccc(-c2ccco2)c(Cl)c1. The van der Waals surface area contributed by atoms with Gasteiger partial charge in [-0.1, -0.05) is 17.7 Å². The number of rotatable bonds is 4. The normalized spacial score (nSPS) is 20.6. The number of hydrogen-bond acceptors (Lipinski definition) is 3. The van der Waals surface area contributed by atoms with Gasteiger partial charge in [0, 0.05) is 17.0 Å². The molecule has 5 heteroatoms. The van der Waals surface area contributed by atoms with Crippen molar-refractivity contribution >= 4 is 23.4 Å². The molecular weight excluding hydrogens is 280 g/mol. The van der Waals surface area contributed by atoms with E-state index in [1.54, 1.807) is 36.6 Å². The Morgan fingerprint density at radius 2 is 2.05 bits per heavy atom. The summed E-state index contributed by atoms with van der Waals surface area (Å²) in [6, 6.07) is 8.48. The van der Waals surface area contributed by atoms with E-state index in [4.69, 9.17) is 21.1 Å². The number of carbonyl (C=O) groups excluding carboxylic acids is 1. The minimum Gasteiger partial charge on any atom is -0.481 e. The second kappa shape index (κ2) is 4.80. The molecule has 2 aromatic rings. The molecule has 0 spiro atoms. The second-order valence-corrected chi connectivity index (χ2v) is 5.23. The monoisotopic (exact) mass is 290 g/mol. The van der Waals surface area contributed by atoms with Crippen molar-refractivity contribution in [3.8, 4) is 11.3 Å². The van der Waals surface area contributed by atoms with Crippen LogP contribution in [0.3, 0.4) is 0 Å². The molecule has 1 aromatic carbocycles. The molecule has 0 saturated heterocycles. The van der Waals surface area contributed by atoms with E-state index in [0.29, 0.717) is 28.3 Å². The molecule has 4 nitrogen and oxygen atoms in total. The third-order valence-electron chi connectivity index (χ3n) is 3.48. The third-order valence-corrected chi connectivity index (χ3v) is 3.80. The zero-order valence-electron chi connectivity index (χ0n) is 10.4. The van der Waals surface area contributed by atoms with Crippen molar-refractivity contribution in [2.45, 2.75) is 6.42 Å². The molecule has 0 amide bonds. The van der Waals surface area contributed by atoms with Gasteiger partial charge >= 0.3 is 5.97 Å². The first-order chi connectivity index (χ1) is 9.58. The molecule has 1 aliphatic rings. The van der Waals surface area contributed by atoms with Crippen LogP contribution in [0.15, 0.2) is 41.0 Å². The van der Waals surface area contributed by atoms with Gasteiger partial charge in [0.2, 0.25) is 0 Å². The Balaban J connectivity index is 1.85. The number of carboxylic acid groups (broad SMARTS) is 1. The summed E-state index contributed by atoms with van der Waals surface area (Å²) in [5.74, 6) is -1.42. The largest absolute Gasteiger partial charge is 0.481 e. The van der Waals surface area contributed by atoms with Crippen LogP contribution in [-0.2, 0) is 4.79 Å². The van der Waals surface area contributed by atoms with E-state index >= 15 is 0 Å². The first-order valence-corrected chi connectivity index (χ1v) is 6.56. The fraction of sp³-hybridized carbons (Fsp3) is 0.200. The first kappa shape index (κ1) is 12.9. The van der Waals surface area contributed by atoms with Crippen LogP contribution in [0.25, 0.3) is 11.3 Å². The van der Waals surface area contributed by atoms with Crippen LogP contribution in [0.1, 0.15) is 16.8 Å². The van der Waals surface area contributed by atoms with Crippen LogP contribution < -0.4 is 0 Å². The summed E-state index contributed by atoms with van der Waals surface area (Å²) < 4.78 is 5.26. The van der Waals surface area contributed by atoms with Crippen molar-refractivity contribution in [1.29, 1.82) is 0 Å². The summed E-state index contributed by atoms with van der Waals surface area (Å²) >= 11 is 6.16. The fourth-order valence-corrected chi connectivity index (χ4v) is 2.55. The predicted molar refractivity (Wildman–Crippen MR) is 72.7 cm³/mol. The molecular formula is C15H11ClO4. The summed E-state index contributed by atoms with van der Waals surface area (Å²) in [7, 11) is 0. The molecule has 1 aromatic heterocycles. The summed E-state index contributed by atoms with van der Waals surface area (Å²) in [5.41, 5.74) is 1.15. The molecule has 1 N–H and O–H groups in total. The molecule has 3 rings (SSSR count). The van der Waals surface area contributed by atoms with E-state index in [-0.39, 0.29) is 5.78 Å². The standard InChI is InChI=1S/C15H11ClO4/c16-12-6-8(14(17)10-7-11(10)15(18)19)3-4-9(12)13-2-1-5-20-13/h1-6,10-11H,7H2,(H,18,19)/t10-,11-/m0/s1. The number of aliphatic carboxylic acids is 1. The van der Waals surface area contributed by atoms with Gasteiger partial charge in [-0.3, -0.25) is 9.59 Å². The zero-order valence-corrected chi connectivity index (χ0v) is 11.1. The predicted octanol–water partition coefficient (Wildman–Crippen LogP) is 3.50. The van der Waals surface area contributed by atoms with Gasteiger partial charge in [-0.25, -0.2) is 0 Å². The smallest absolute Gasteiger partial charge is 0.307 e. The van der Waals surface area contributed by atoms with E-state index in [1.165, 1.54) is 0 Å². The van der Waals surface area contributed by atoms with Gasteiger partial charge in [0.25, 0.3) is 0 Å². The lowest BCUT2D eigenvalue weighted by molar-refractivity contribution is -0.138. The fourth-order valence-electron chi connectivity index (χ4n) is 2.27. The van der Waals surface area contributed by atoms with Gasteiger partial charge in [0.1, 0.15) is 5.76 Å². The Bertz CT molecular complexity index is 675. The minimum atomic E-state index is -0.915. The van der Waals surface area contributed by atoms with Gasteiger partial charge < -0.3 is 9.52 Å². The van der Waals surface area contributed by atoms with Crippen LogP contribution >= 0.6 is 11.6 Å². The molecule has 1 saturated carbocycles. The average molecular weight is 291 g/mol. The molecule has 0 unspecified atom stereocenters. The number of furan rings is 1. The van der Waals surface area contributed by atoms with Crippen molar-refractivity contribution in [1.82, 2.24) is 0 Å². The van der Waals surface area contributed by atoms with Crippen LogP contribution in [0, 0.1) is 11.8 Å².